The van der Waals surface area contributed by atoms with Gasteiger partial charge in [0, 0.05) is 5.75 Å². The molecule has 1 aliphatic rings. The number of urea groups is 1. The minimum Gasteiger partial charge on any atom is -0.463 e. The lowest BCUT2D eigenvalue weighted by atomic mass is 10.0. The second-order valence-electron chi connectivity index (χ2n) is 3.36. The Morgan fingerprint density at radius 1 is 1.67 bits per heavy atom. The van der Waals surface area contributed by atoms with E-state index in [4.69, 9.17) is 0 Å². The topological polar surface area (TPSA) is 84.5 Å². The highest BCUT2D eigenvalue weighted by atomic mass is 32.2. The molecule has 1 aliphatic heterocycles. The molecule has 1 heterocycles. The first-order chi connectivity index (χ1) is 8.46. The molecular weight excluding hydrogens is 263 g/mol. The standard InChI is InChI=1S/C10H13FN2O4S/c1-3-5-18-7-10(11,8(15)17-4-2)6(14)12-9(16)13-7/h3,7H,1,4-5H2,2H3,(H2,12,13,14,16). The molecule has 8 heteroatoms. The number of thioether (sulfide) groups is 1. The molecule has 1 saturated heterocycles. The molecule has 0 saturated carbocycles. The van der Waals surface area contributed by atoms with Crippen LogP contribution in [0.4, 0.5) is 9.18 Å². The fourth-order valence-corrected chi connectivity index (χ4v) is 2.28. The number of carbonyl (C=O) groups is 3. The van der Waals surface area contributed by atoms with Crippen LogP contribution in [0.5, 0.6) is 0 Å². The van der Waals surface area contributed by atoms with E-state index in [1.807, 2.05) is 0 Å². The smallest absolute Gasteiger partial charge is 0.357 e. The Balaban J connectivity index is 2.98. The molecule has 0 aliphatic carbocycles. The molecule has 1 fully saturated rings. The van der Waals surface area contributed by atoms with Gasteiger partial charge in [-0.15, -0.1) is 18.3 Å². The first kappa shape index (κ1) is 14.5. The van der Waals surface area contributed by atoms with Crippen LogP contribution in [0.15, 0.2) is 12.7 Å². The SMILES string of the molecule is C=CCSC1NC(=O)NC(=O)C1(F)C(=O)OCC. The number of carbonyl (C=O) groups excluding carboxylic acids is 3. The van der Waals surface area contributed by atoms with Gasteiger partial charge in [-0.05, 0) is 6.92 Å². The summed E-state index contributed by atoms with van der Waals surface area (Å²) in [6.45, 7) is 4.87. The van der Waals surface area contributed by atoms with Gasteiger partial charge in [-0.3, -0.25) is 10.1 Å². The summed E-state index contributed by atoms with van der Waals surface area (Å²) in [5.41, 5.74) is -2.93. The lowest BCUT2D eigenvalue weighted by molar-refractivity contribution is -0.163. The zero-order valence-corrected chi connectivity index (χ0v) is 10.5. The summed E-state index contributed by atoms with van der Waals surface area (Å²) in [4.78, 5) is 34.2. The maximum atomic E-state index is 14.6. The van der Waals surface area contributed by atoms with Crippen LogP contribution in [0, 0.1) is 0 Å². The maximum absolute atomic E-state index is 14.6. The Hall–Kier alpha value is -1.57. The van der Waals surface area contributed by atoms with Crippen molar-refractivity contribution < 1.29 is 23.5 Å². The van der Waals surface area contributed by atoms with E-state index < -0.39 is 29.0 Å². The monoisotopic (exact) mass is 276 g/mol. The first-order valence-corrected chi connectivity index (χ1v) is 6.22. The second-order valence-corrected chi connectivity index (χ2v) is 4.50. The summed E-state index contributed by atoms with van der Waals surface area (Å²) in [7, 11) is 0. The number of esters is 1. The number of halogens is 1. The molecule has 1 rings (SSSR count). The molecule has 0 aromatic carbocycles. The van der Waals surface area contributed by atoms with Crippen molar-refractivity contribution in [3.8, 4) is 0 Å². The summed E-state index contributed by atoms with van der Waals surface area (Å²) in [6, 6.07) is -0.848. The minimum atomic E-state index is -2.93. The third-order valence-electron chi connectivity index (χ3n) is 2.13. The van der Waals surface area contributed by atoms with Crippen molar-refractivity contribution in [1.29, 1.82) is 0 Å². The zero-order valence-electron chi connectivity index (χ0n) is 9.70. The van der Waals surface area contributed by atoms with Crippen molar-refractivity contribution in [3.05, 3.63) is 12.7 Å². The molecular formula is C10H13FN2O4S. The van der Waals surface area contributed by atoms with Gasteiger partial charge in [-0.1, -0.05) is 6.08 Å². The van der Waals surface area contributed by atoms with Gasteiger partial charge in [0.1, 0.15) is 5.37 Å². The number of hydrogen-bond donors (Lipinski definition) is 2. The molecule has 0 aromatic rings. The molecule has 100 valence electrons. The van der Waals surface area contributed by atoms with E-state index >= 15 is 0 Å². The predicted octanol–water partition coefficient (Wildman–Crippen LogP) is 0.342. The minimum absolute atomic E-state index is 0.0649. The van der Waals surface area contributed by atoms with Crippen LogP contribution >= 0.6 is 11.8 Å². The Bertz CT molecular complexity index is 390. The number of rotatable bonds is 5. The van der Waals surface area contributed by atoms with E-state index in [9.17, 15) is 18.8 Å². The molecule has 2 N–H and O–H groups in total. The summed E-state index contributed by atoms with van der Waals surface area (Å²) in [6.07, 6.45) is 1.47. The normalized spacial score (nSPS) is 27.1. The van der Waals surface area contributed by atoms with Gasteiger partial charge in [0.2, 0.25) is 0 Å². The van der Waals surface area contributed by atoms with Gasteiger partial charge in [0.25, 0.3) is 5.91 Å². The number of alkyl halides is 1. The van der Waals surface area contributed by atoms with Crippen molar-refractivity contribution in [2.24, 2.45) is 0 Å². The lowest BCUT2D eigenvalue weighted by Gasteiger charge is -2.33. The van der Waals surface area contributed by atoms with Crippen LogP contribution in [0.25, 0.3) is 0 Å². The van der Waals surface area contributed by atoms with Gasteiger partial charge in [0.15, 0.2) is 0 Å². The van der Waals surface area contributed by atoms with Crippen molar-refractivity contribution in [1.82, 2.24) is 10.6 Å². The van der Waals surface area contributed by atoms with Gasteiger partial charge >= 0.3 is 17.7 Å². The van der Waals surface area contributed by atoms with E-state index in [-0.39, 0.29) is 12.4 Å². The van der Waals surface area contributed by atoms with E-state index in [0.29, 0.717) is 0 Å². The molecule has 6 nitrogen and oxygen atoms in total. The number of amides is 3. The summed E-state index contributed by atoms with van der Waals surface area (Å²) in [5.74, 6) is -2.36. The van der Waals surface area contributed by atoms with Crippen LogP contribution < -0.4 is 10.6 Å². The van der Waals surface area contributed by atoms with Crippen molar-refractivity contribution >= 4 is 29.7 Å². The molecule has 2 atom stereocenters. The third-order valence-corrected chi connectivity index (χ3v) is 3.34. The third kappa shape index (κ3) is 2.63. The Morgan fingerprint density at radius 3 is 2.89 bits per heavy atom. The second kappa shape index (κ2) is 5.85. The number of imide groups is 1. The van der Waals surface area contributed by atoms with Gasteiger partial charge < -0.3 is 10.1 Å². The molecule has 0 radical (unpaired) electrons. The van der Waals surface area contributed by atoms with E-state index in [1.54, 1.807) is 5.32 Å². The van der Waals surface area contributed by atoms with E-state index in [1.165, 1.54) is 13.0 Å². The van der Waals surface area contributed by atoms with Crippen molar-refractivity contribution in [3.63, 3.8) is 0 Å². The Morgan fingerprint density at radius 2 is 2.33 bits per heavy atom. The summed E-state index contributed by atoms with van der Waals surface area (Å²) < 4.78 is 19.1. The van der Waals surface area contributed by atoms with Crippen LogP contribution in [-0.4, -0.2) is 41.3 Å². The number of nitrogens with one attached hydrogen (secondary N) is 2. The van der Waals surface area contributed by atoms with E-state index in [0.717, 1.165) is 11.8 Å². The van der Waals surface area contributed by atoms with Crippen LogP contribution in [0.3, 0.4) is 0 Å². The molecule has 2 unspecified atom stereocenters. The molecule has 3 amide bonds. The fourth-order valence-electron chi connectivity index (χ4n) is 1.32. The summed E-state index contributed by atoms with van der Waals surface area (Å²) in [5, 5.41) is 2.55. The zero-order chi connectivity index (χ0) is 13.8. The van der Waals surface area contributed by atoms with Crippen LogP contribution in [0.2, 0.25) is 0 Å². The average molecular weight is 276 g/mol. The highest BCUT2D eigenvalue weighted by molar-refractivity contribution is 8.00. The molecule has 0 bridgehead atoms. The highest BCUT2D eigenvalue weighted by Crippen LogP contribution is 2.29. The molecule has 18 heavy (non-hydrogen) atoms. The summed E-state index contributed by atoms with van der Waals surface area (Å²) >= 11 is 0.879. The Kier molecular flexibility index (Phi) is 4.71. The van der Waals surface area contributed by atoms with Crippen molar-refractivity contribution in [2.45, 2.75) is 18.0 Å². The largest absolute Gasteiger partial charge is 0.463 e. The lowest BCUT2D eigenvalue weighted by Crippen LogP contribution is -2.69. The van der Waals surface area contributed by atoms with Crippen LogP contribution in [0.1, 0.15) is 6.92 Å². The highest BCUT2D eigenvalue weighted by Gasteiger charge is 2.58. The van der Waals surface area contributed by atoms with Gasteiger partial charge in [-0.2, -0.15) is 0 Å². The Labute approximate surface area is 107 Å². The van der Waals surface area contributed by atoms with Gasteiger partial charge in [0.05, 0.1) is 6.61 Å². The van der Waals surface area contributed by atoms with Crippen LogP contribution in [-0.2, 0) is 14.3 Å². The number of ether oxygens (including phenoxy) is 1. The molecule has 0 spiro atoms. The van der Waals surface area contributed by atoms with Crippen molar-refractivity contribution in [2.75, 3.05) is 12.4 Å². The molecule has 0 aromatic heterocycles. The quantitative estimate of drug-likeness (QED) is 0.430. The average Bonchev–Trinajstić information content (AvgIpc) is 2.32. The fraction of sp³-hybridized carbons (Fsp3) is 0.500. The predicted molar refractivity (Wildman–Crippen MR) is 63.6 cm³/mol. The van der Waals surface area contributed by atoms with E-state index in [2.05, 4.69) is 16.6 Å². The number of hydrogen-bond acceptors (Lipinski definition) is 5. The van der Waals surface area contributed by atoms with Gasteiger partial charge in [-0.25, -0.2) is 14.0 Å². The first-order valence-electron chi connectivity index (χ1n) is 5.17. The maximum Gasteiger partial charge on any atom is 0.357 e.